The Morgan fingerprint density at radius 2 is 2.14 bits per heavy atom. The second kappa shape index (κ2) is 5.57. The van der Waals surface area contributed by atoms with Crippen LogP contribution in [0.25, 0.3) is 0 Å². The van der Waals surface area contributed by atoms with Gasteiger partial charge < -0.3 is 10.6 Å². The molecule has 1 aromatic carbocycles. The van der Waals surface area contributed by atoms with Crippen LogP contribution >= 0.6 is 11.6 Å². The molecule has 21 heavy (non-hydrogen) atoms. The van der Waals surface area contributed by atoms with Crippen molar-refractivity contribution in [2.75, 3.05) is 19.6 Å². The first-order chi connectivity index (χ1) is 10.3. The van der Waals surface area contributed by atoms with Gasteiger partial charge in [-0.15, -0.1) is 0 Å². The van der Waals surface area contributed by atoms with Gasteiger partial charge in [0.25, 0.3) is 0 Å². The fourth-order valence-corrected chi connectivity index (χ4v) is 4.72. The number of hydrogen-bond donors (Lipinski definition) is 2. The summed E-state index contributed by atoms with van der Waals surface area (Å²) in [5.41, 5.74) is 3.52. The largest absolute Gasteiger partial charge is 0.317 e. The highest BCUT2D eigenvalue weighted by molar-refractivity contribution is 6.30. The molecule has 3 heteroatoms. The van der Waals surface area contributed by atoms with Crippen molar-refractivity contribution >= 4 is 11.6 Å². The quantitative estimate of drug-likeness (QED) is 0.895. The van der Waals surface area contributed by atoms with Gasteiger partial charge in [0, 0.05) is 16.5 Å². The number of piperidine rings is 1. The van der Waals surface area contributed by atoms with Crippen molar-refractivity contribution in [1.82, 2.24) is 10.6 Å². The molecule has 1 heterocycles. The summed E-state index contributed by atoms with van der Waals surface area (Å²) in [6.07, 6.45) is 7.87. The first-order valence-corrected chi connectivity index (χ1v) is 8.89. The van der Waals surface area contributed by atoms with Crippen LogP contribution in [-0.2, 0) is 11.8 Å². The van der Waals surface area contributed by atoms with E-state index in [1.165, 1.54) is 63.7 Å². The zero-order valence-corrected chi connectivity index (χ0v) is 13.4. The summed E-state index contributed by atoms with van der Waals surface area (Å²) >= 11 is 6.17. The average molecular weight is 305 g/mol. The molecule has 1 saturated carbocycles. The number of aryl methyl sites for hydroxylation is 1. The number of benzene rings is 1. The van der Waals surface area contributed by atoms with Crippen LogP contribution in [0.2, 0.25) is 5.02 Å². The van der Waals surface area contributed by atoms with Gasteiger partial charge in [-0.3, -0.25) is 0 Å². The van der Waals surface area contributed by atoms with E-state index in [1.54, 1.807) is 5.56 Å². The van der Waals surface area contributed by atoms with Gasteiger partial charge in [0.1, 0.15) is 0 Å². The molecule has 3 aliphatic rings. The van der Waals surface area contributed by atoms with Crippen molar-refractivity contribution in [2.45, 2.75) is 50.0 Å². The molecule has 1 aromatic rings. The highest BCUT2D eigenvalue weighted by Gasteiger charge is 2.56. The number of fused-ring (bicyclic) bond motifs is 2. The van der Waals surface area contributed by atoms with E-state index in [0.29, 0.717) is 11.5 Å². The summed E-state index contributed by atoms with van der Waals surface area (Å²) in [5, 5.41) is 8.23. The summed E-state index contributed by atoms with van der Waals surface area (Å²) in [6.45, 7) is 3.60. The van der Waals surface area contributed by atoms with E-state index in [0.717, 1.165) is 10.9 Å². The molecular weight excluding hydrogens is 280 g/mol. The minimum absolute atomic E-state index is 0.436. The third kappa shape index (κ3) is 2.62. The van der Waals surface area contributed by atoms with E-state index in [9.17, 15) is 0 Å². The molecule has 1 spiro atoms. The third-order valence-corrected chi connectivity index (χ3v) is 6.09. The van der Waals surface area contributed by atoms with Gasteiger partial charge in [0.05, 0.1) is 0 Å². The molecule has 2 fully saturated rings. The fourth-order valence-electron chi connectivity index (χ4n) is 4.53. The molecule has 1 aliphatic heterocycles. The van der Waals surface area contributed by atoms with E-state index in [-0.39, 0.29) is 0 Å². The summed E-state index contributed by atoms with van der Waals surface area (Å²) < 4.78 is 0. The number of hydrogen-bond acceptors (Lipinski definition) is 2. The lowest BCUT2D eigenvalue weighted by Crippen LogP contribution is -2.36. The van der Waals surface area contributed by atoms with Crippen molar-refractivity contribution in [3.8, 4) is 0 Å². The predicted molar refractivity (Wildman–Crippen MR) is 88.1 cm³/mol. The van der Waals surface area contributed by atoms with E-state index in [4.69, 9.17) is 11.6 Å². The Bertz CT molecular complexity index is 524. The van der Waals surface area contributed by atoms with Gasteiger partial charge >= 0.3 is 0 Å². The second-order valence-corrected chi connectivity index (χ2v) is 7.61. The molecule has 2 atom stereocenters. The Morgan fingerprint density at radius 3 is 3.00 bits per heavy atom. The van der Waals surface area contributed by atoms with Crippen LogP contribution in [0.5, 0.6) is 0 Å². The first-order valence-electron chi connectivity index (χ1n) is 8.51. The lowest BCUT2D eigenvalue weighted by Gasteiger charge is -2.28. The fraction of sp³-hybridized carbons (Fsp3) is 0.667. The molecule has 0 amide bonds. The van der Waals surface area contributed by atoms with Gasteiger partial charge in [0.2, 0.25) is 0 Å². The van der Waals surface area contributed by atoms with Crippen LogP contribution in [0.3, 0.4) is 0 Å². The molecule has 2 aliphatic carbocycles. The molecule has 4 rings (SSSR count). The minimum atomic E-state index is 0.436. The zero-order chi connectivity index (χ0) is 14.3. The Labute approximate surface area is 132 Å². The Morgan fingerprint density at radius 1 is 1.29 bits per heavy atom. The molecule has 2 N–H and O–H groups in total. The number of halogens is 1. The molecular formula is C18H25ClN2. The van der Waals surface area contributed by atoms with E-state index in [1.807, 2.05) is 0 Å². The van der Waals surface area contributed by atoms with Crippen molar-refractivity contribution < 1.29 is 0 Å². The number of rotatable bonds is 3. The predicted octanol–water partition coefficient (Wildman–Crippen LogP) is 3.28. The van der Waals surface area contributed by atoms with Gasteiger partial charge in [0.15, 0.2) is 0 Å². The van der Waals surface area contributed by atoms with Gasteiger partial charge in [-0.2, -0.15) is 0 Å². The van der Waals surface area contributed by atoms with Crippen molar-refractivity contribution in [3.63, 3.8) is 0 Å². The summed E-state index contributed by atoms with van der Waals surface area (Å²) in [4.78, 5) is 0. The average Bonchev–Trinajstić information content (AvgIpc) is 3.20. The van der Waals surface area contributed by atoms with Crippen LogP contribution in [0.4, 0.5) is 0 Å². The molecule has 2 unspecified atom stereocenters. The topological polar surface area (TPSA) is 24.1 Å². The second-order valence-electron chi connectivity index (χ2n) is 7.17. The first kappa shape index (κ1) is 14.0. The third-order valence-electron chi connectivity index (χ3n) is 5.86. The molecule has 0 aromatic heterocycles. The zero-order valence-electron chi connectivity index (χ0n) is 12.6. The monoisotopic (exact) mass is 304 g/mol. The van der Waals surface area contributed by atoms with Gasteiger partial charge in [-0.05, 0) is 87.3 Å². The number of nitrogens with one attached hydrogen (secondary N) is 2. The minimum Gasteiger partial charge on any atom is -0.317 e. The molecule has 0 radical (unpaired) electrons. The maximum Gasteiger partial charge on any atom is 0.0408 e. The highest BCUT2D eigenvalue weighted by atomic mass is 35.5. The Balaban J connectivity index is 1.43. The molecule has 1 saturated heterocycles. The molecule has 2 nitrogen and oxygen atoms in total. The maximum absolute atomic E-state index is 6.17. The lowest BCUT2D eigenvalue weighted by molar-refractivity contribution is 0.349. The van der Waals surface area contributed by atoms with E-state index in [2.05, 4.69) is 28.8 Å². The van der Waals surface area contributed by atoms with E-state index < -0.39 is 0 Å². The van der Waals surface area contributed by atoms with Crippen LogP contribution in [-0.4, -0.2) is 25.7 Å². The van der Waals surface area contributed by atoms with Crippen molar-refractivity contribution in [3.05, 3.63) is 34.3 Å². The SMILES string of the molecule is Clc1ccc2c(c1)CCCC21CC1NCC1CCNCC1. The summed E-state index contributed by atoms with van der Waals surface area (Å²) in [5.74, 6) is 0.872. The summed E-state index contributed by atoms with van der Waals surface area (Å²) in [6, 6.07) is 7.27. The van der Waals surface area contributed by atoms with Crippen LogP contribution in [0, 0.1) is 5.92 Å². The van der Waals surface area contributed by atoms with Gasteiger partial charge in [-0.1, -0.05) is 17.7 Å². The Kier molecular flexibility index (Phi) is 3.72. The smallest absolute Gasteiger partial charge is 0.0408 e. The maximum atomic E-state index is 6.17. The van der Waals surface area contributed by atoms with Crippen LogP contribution in [0.1, 0.15) is 43.2 Å². The molecule has 0 bridgehead atoms. The normalized spacial score (nSPS) is 32.1. The van der Waals surface area contributed by atoms with Gasteiger partial charge in [-0.25, -0.2) is 0 Å². The van der Waals surface area contributed by atoms with Crippen molar-refractivity contribution in [1.29, 1.82) is 0 Å². The Hall–Kier alpha value is -0.570. The van der Waals surface area contributed by atoms with Crippen molar-refractivity contribution in [2.24, 2.45) is 5.92 Å². The highest BCUT2D eigenvalue weighted by Crippen LogP contribution is 2.55. The van der Waals surface area contributed by atoms with Crippen LogP contribution in [0.15, 0.2) is 18.2 Å². The van der Waals surface area contributed by atoms with E-state index >= 15 is 0 Å². The lowest BCUT2D eigenvalue weighted by atomic mass is 9.79. The standard InChI is InChI=1S/C18H25ClN2/c19-15-3-4-16-14(10-15)2-1-7-18(16)11-17(18)21-12-13-5-8-20-9-6-13/h3-4,10,13,17,20-21H,1-2,5-9,11-12H2. The van der Waals surface area contributed by atoms with Crippen LogP contribution < -0.4 is 10.6 Å². The summed E-state index contributed by atoms with van der Waals surface area (Å²) in [7, 11) is 0. The molecule has 114 valence electrons.